The fraction of sp³-hybridized carbons (Fsp3) is 0.229. The van der Waals surface area contributed by atoms with E-state index in [2.05, 4.69) is 99.6 Å². The first kappa shape index (κ1) is 26.6. The van der Waals surface area contributed by atoms with Gasteiger partial charge in [0.15, 0.2) is 5.78 Å². The van der Waals surface area contributed by atoms with Gasteiger partial charge in [0.25, 0.3) is 0 Å². The van der Waals surface area contributed by atoms with Gasteiger partial charge < -0.3 is 0 Å². The Morgan fingerprint density at radius 1 is 0.757 bits per heavy atom. The van der Waals surface area contributed by atoms with Crippen molar-refractivity contribution >= 4 is 23.0 Å². The number of benzene rings is 4. The molecule has 4 aromatic carbocycles. The lowest BCUT2D eigenvalue weighted by Crippen LogP contribution is -2.03. The molecule has 0 aliphatic heterocycles. The van der Waals surface area contributed by atoms with E-state index in [1.807, 2.05) is 19.9 Å². The Balaban J connectivity index is 1.71. The summed E-state index contributed by atoms with van der Waals surface area (Å²) in [7, 11) is 0. The van der Waals surface area contributed by atoms with Crippen LogP contribution in [0, 0.1) is 20.8 Å². The van der Waals surface area contributed by atoms with E-state index in [4.69, 9.17) is 11.6 Å². The van der Waals surface area contributed by atoms with Gasteiger partial charge in [0.1, 0.15) is 0 Å². The molecular weight excluding hydrogens is 472 g/mol. The van der Waals surface area contributed by atoms with Crippen molar-refractivity contribution in [2.24, 2.45) is 0 Å². The zero-order valence-corrected chi connectivity index (χ0v) is 23.2. The molecule has 0 saturated carbocycles. The third-order valence-electron chi connectivity index (χ3n) is 7.14. The van der Waals surface area contributed by atoms with Gasteiger partial charge in [0.2, 0.25) is 0 Å². The Labute approximate surface area is 226 Å². The predicted octanol–water partition coefficient (Wildman–Crippen LogP) is 9.77. The lowest BCUT2D eigenvalue weighted by molar-refractivity contribution is -0.113. The molecular formula is C35H35ClO. The quantitative estimate of drug-likeness (QED) is 0.217. The normalized spacial score (nSPS) is 11.6. The molecule has 0 radical (unpaired) electrons. The molecule has 4 rings (SSSR count). The number of ketones is 1. The Morgan fingerprint density at radius 3 is 2.00 bits per heavy atom. The van der Waals surface area contributed by atoms with Gasteiger partial charge in [-0.1, -0.05) is 104 Å². The predicted molar refractivity (Wildman–Crippen MR) is 159 cm³/mol. The Morgan fingerprint density at radius 2 is 1.38 bits per heavy atom. The summed E-state index contributed by atoms with van der Waals surface area (Å²) in [6.07, 6.45) is 4.28. The monoisotopic (exact) mass is 506 g/mol. The van der Waals surface area contributed by atoms with Crippen LogP contribution < -0.4 is 0 Å². The van der Waals surface area contributed by atoms with Crippen molar-refractivity contribution in [2.45, 2.75) is 53.9 Å². The summed E-state index contributed by atoms with van der Waals surface area (Å²) in [5.41, 5.74) is 12.2. The van der Waals surface area contributed by atoms with E-state index < -0.39 is 0 Å². The van der Waals surface area contributed by atoms with Gasteiger partial charge in [0.05, 0.1) is 0 Å². The van der Waals surface area contributed by atoms with Crippen molar-refractivity contribution < 1.29 is 4.79 Å². The molecule has 4 aromatic rings. The first-order valence-electron chi connectivity index (χ1n) is 13.1. The molecule has 0 aromatic heterocycles. The lowest BCUT2D eigenvalue weighted by Gasteiger charge is -2.15. The van der Waals surface area contributed by atoms with Crippen molar-refractivity contribution in [3.8, 4) is 22.3 Å². The summed E-state index contributed by atoms with van der Waals surface area (Å²) >= 11 is 6.75. The first-order valence-corrected chi connectivity index (χ1v) is 13.5. The maximum Gasteiger partial charge on any atom is 0.162 e. The highest BCUT2D eigenvalue weighted by atomic mass is 35.5. The highest BCUT2D eigenvalue weighted by molar-refractivity contribution is 6.33. The molecule has 0 spiro atoms. The van der Waals surface area contributed by atoms with E-state index >= 15 is 0 Å². The van der Waals surface area contributed by atoms with Crippen molar-refractivity contribution in [1.82, 2.24) is 0 Å². The molecule has 188 valence electrons. The molecule has 0 amide bonds. The molecule has 2 heteroatoms. The second-order valence-corrected chi connectivity index (χ2v) is 10.2. The van der Waals surface area contributed by atoms with Gasteiger partial charge in [-0.3, -0.25) is 4.79 Å². The molecule has 0 heterocycles. The average molecular weight is 507 g/mol. The van der Waals surface area contributed by atoms with Gasteiger partial charge in [-0.2, -0.15) is 0 Å². The Hall–Kier alpha value is -3.42. The summed E-state index contributed by atoms with van der Waals surface area (Å²) in [5, 5.41) is 0.693. The van der Waals surface area contributed by atoms with Crippen molar-refractivity contribution in [3.05, 3.63) is 123 Å². The van der Waals surface area contributed by atoms with Crippen LogP contribution in [-0.4, -0.2) is 5.78 Å². The SMILES string of the molecule is CCC(=O)/C(=C\Cc1ccc(C)c(CC)c1)c1cc(-c2ccc(-c3ccc(C)cc3)cc2)c(Cl)cc1C. The number of carbonyl (C=O) groups excluding carboxylic acids is 1. The molecule has 37 heavy (non-hydrogen) atoms. The van der Waals surface area contributed by atoms with Gasteiger partial charge in [-0.05, 0) is 90.3 Å². The van der Waals surface area contributed by atoms with E-state index in [0.717, 1.165) is 40.7 Å². The average Bonchev–Trinajstić information content (AvgIpc) is 2.91. The minimum Gasteiger partial charge on any atom is -0.294 e. The third-order valence-corrected chi connectivity index (χ3v) is 7.46. The summed E-state index contributed by atoms with van der Waals surface area (Å²) in [4.78, 5) is 13.1. The Kier molecular flexibility index (Phi) is 8.46. The summed E-state index contributed by atoms with van der Waals surface area (Å²) < 4.78 is 0. The number of aryl methyl sites for hydroxylation is 4. The van der Waals surface area contributed by atoms with Crippen LogP contribution in [0.3, 0.4) is 0 Å². The molecule has 0 saturated heterocycles. The standard InChI is InChI=1S/C35H35ClO/c1-6-27-21-26(11-10-24(27)4)12-19-31(35(37)7-2)32-22-33(34(36)20-25(32)5)30-17-15-29(16-18-30)28-13-8-23(3)9-14-28/h8-11,13-22H,6-7,12H2,1-5H3/b31-19-. The van der Waals surface area contributed by atoms with Crippen LogP contribution in [0.4, 0.5) is 0 Å². The van der Waals surface area contributed by atoms with Crippen molar-refractivity contribution in [2.75, 3.05) is 0 Å². The number of Topliss-reactive ketones (excluding diaryl/α,β-unsaturated/α-hetero) is 1. The number of hydrogen-bond donors (Lipinski definition) is 0. The van der Waals surface area contributed by atoms with Crippen LogP contribution in [0.25, 0.3) is 27.8 Å². The maximum atomic E-state index is 13.1. The van der Waals surface area contributed by atoms with Crippen molar-refractivity contribution in [3.63, 3.8) is 0 Å². The number of hydrogen-bond acceptors (Lipinski definition) is 1. The minimum atomic E-state index is 0.147. The molecule has 0 N–H and O–H groups in total. The highest BCUT2D eigenvalue weighted by Gasteiger charge is 2.16. The maximum absolute atomic E-state index is 13.1. The third kappa shape index (κ3) is 6.12. The smallest absolute Gasteiger partial charge is 0.162 e. The minimum absolute atomic E-state index is 0.147. The zero-order valence-electron chi connectivity index (χ0n) is 22.5. The molecule has 0 aliphatic carbocycles. The van der Waals surface area contributed by atoms with Crippen LogP contribution in [0.1, 0.15) is 53.6 Å². The summed E-state index contributed by atoms with van der Waals surface area (Å²) in [5.74, 6) is 0.147. The zero-order chi connectivity index (χ0) is 26.5. The van der Waals surface area contributed by atoms with E-state index in [9.17, 15) is 4.79 Å². The number of carbonyl (C=O) groups is 1. The Bertz CT molecular complexity index is 1440. The van der Waals surface area contributed by atoms with E-state index in [1.165, 1.54) is 33.4 Å². The lowest BCUT2D eigenvalue weighted by atomic mass is 9.90. The van der Waals surface area contributed by atoms with E-state index in [1.54, 1.807) is 0 Å². The number of rotatable bonds is 8. The van der Waals surface area contributed by atoms with E-state index in [0.29, 0.717) is 11.4 Å². The van der Waals surface area contributed by atoms with Crippen LogP contribution in [0.5, 0.6) is 0 Å². The van der Waals surface area contributed by atoms with E-state index in [-0.39, 0.29) is 5.78 Å². The van der Waals surface area contributed by atoms with Crippen LogP contribution in [0.2, 0.25) is 5.02 Å². The van der Waals surface area contributed by atoms with Gasteiger partial charge in [-0.25, -0.2) is 0 Å². The van der Waals surface area contributed by atoms with Crippen LogP contribution >= 0.6 is 11.6 Å². The number of allylic oxidation sites excluding steroid dienone is 2. The van der Waals surface area contributed by atoms with Crippen molar-refractivity contribution in [1.29, 1.82) is 0 Å². The molecule has 0 fully saturated rings. The fourth-order valence-electron chi connectivity index (χ4n) is 4.79. The van der Waals surface area contributed by atoms with Gasteiger partial charge in [-0.15, -0.1) is 0 Å². The number of halogens is 1. The van der Waals surface area contributed by atoms with Crippen LogP contribution in [0.15, 0.2) is 84.9 Å². The first-order chi connectivity index (χ1) is 17.8. The molecule has 0 unspecified atom stereocenters. The van der Waals surface area contributed by atoms with Gasteiger partial charge in [0, 0.05) is 22.6 Å². The second-order valence-electron chi connectivity index (χ2n) is 9.80. The fourth-order valence-corrected chi connectivity index (χ4v) is 5.12. The molecule has 0 bridgehead atoms. The second kappa shape index (κ2) is 11.8. The summed E-state index contributed by atoms with van der Waals surface area (Å²) in [6.45, 7) is 10.4. The molecule has 0 aliphatic rings. The largest absolute Gasteiger partial charge is 0.294 e. The summed E-state index contributed by atoms with van der Waals surface area (Å²) in [6, 6.07) is 27.7. The van der Waals surface area contributed by atoms with Gasteiger partial charge >= 0.3 is 0 Å². The topological polar surface area (TPSA) is 17.1 Å². The van der Waals surface area contributed by atoms with Crippen LogP contribution in [-0.2, 0) is 17.6 Å². The molecule has 0 atom stereocenters. The highest BCUT2D eigenvalue weighted by Crippen LogP contribution is 2.35. The molecule has 1 nitrogen and oxygen atoms in total.